The van der Waals surface area contributed by atoms with E-state index in [9.17, 15) is 23.7 Å². The number of aliphatic carboxylic acids is 1. The average molecular weight is 724 g/mol. The van der Waals surface area contributed by atoms with Crippen LogP contribution in [-0.4, -0.2) is 67.6 Å². The molecule has 0 saturated carbocycles. The van der Waals surface area contributed by atoms with E-state index >= 15 is 0 Å². The molecule has 270 valence electrons. The van der Waals surface area contributed by atoms with Gasteiger partial charge in [-0.25, -0.2) is 14.3 Å². The van der Waals surface area contributed by atoms with E-state index in [1.165, 1.54) is 23.0 Å². The normalized spacial score (nSPS) is 20.3. The summed E-state index contributed by atoms with van der Waals surface area (Å²) in [5, 5.41) is 15.3. The van der Waals surface area contributed by atoms with E-state index in [-0.39, 0.29) is 35.6 Å². The molecule has 5 atom stereocenters. The summed E-state index contributed by atoms with van der Waals surface area (Å²) in [7, 11) is -4.59. The van der Waals surface area contributed by atoms with Crippen LogP contribution in [0.3, 0.4) is 0 Å². The highest BCUT2D eigenvalue weighted by molar-refractivity contribution is 7.52. The maximum Gasteiger partial charge on any atom is 0.459 e. The number of terminal acetylenes is 1. The summed E-state index contributed by atoms with van der Waals surface area (Å²) >= 11 is 0. The highest BCUT2D eigenvalue weighted by Gasteiger charge is 2.53. The van der Waals surface area contributed by atoms with Crippen molar-refractivity contribution in [3.8, 4) is 18.1 Å². The third kappa shape index (κ3) is 9.39. The van der Waals surface area contributed by atoms with Crippen LogP contribution in [0.1, 0.15) is 50.8 Å². The lowest BCUT2D eigenvalue weighted by Crippen LogP contribution is -2.47. The summed E-state index contributed by atoms with van der Waals surface area (Å²) in [6, 6.07) is 15.3. The van der Waals surface area contributed by atoms with E-state index in [0.717, 1.165) is 25.7 Å². The largest absolute Gasteiger partial charge is 0.480 e. The third-order valence-corrected chi connectivity index (χ3v) is 9.67. The molecule has 15 nitrogen and oxygen atoms in total. The van der Waals surface area contributed by atoms with Crippen LogP contribution in [0.4, 0.5) is 15.0 Å². The summed E-state index contributed by atoms with van der Waals surface area (Å²) in [6.07, 6.45) is 6.67. The van der Waals surface area contributed by atoms with E-state index in [1.54, 1.807) is 48.5 Å². The van der Waals surface area contributed by atoms with Crippen molar-refractivity contribution in [2.24, 2.45) is 0 Å². The Labute approximate surface area is 293 Å². The lowest BCUT2D eigenvalue weighted by atomic mass is 9.98. The number of nitrogens with two attached hydrogens (primary N) is 1. The number of ether oxygens (including phenoxy) is 2. The number of nitrogens with one attached hydrogen (secondary N) is 2. The predicted octanol–water partition coefficient (Wildman–Crippen LogP) is 5.00. The number of aromatic nitrogens is 4. The molecule has 1 amide bonds. The Bertz CT molecular complexity index is 1890. The molecular weight excluding hydrogens is 684 g/mol. The number of carbonyl (C=O) groups excluding carboxylic acids is 1. The Morgan fingerprint density at radius 2 is 1.90 bits per heavy atom. The lowest BCUT2D eigenvalue weighted by Gasteiger charge is -2.31. The van der Waals surface area contributed by atoms with Crippen LogP contribution < -0.4 is 20.7 Å². The van der Waals surface area contributed by atoms with E-state index in [4.69, 9.17) is 30.7 Å². The SMILES string of the molecule is C#C[C@]1(CO[P@@](=O)(N[C@@H](Cc2ccccc2)C(=O)O)Oc2ccccc2)O[C@@H](n2cnc3c(N)nc(F)nc32)C[C@@H]1OC(=O)NCCCCCC. The van der Waals surface area contributed by atoms with Crippen LogP contribution in [-0.2, 0) is 29.8 Å². The van der Waals surface area contributed by atoms with E-state index < -0.39 is 56.5 Å². The molecule has 3 heterocycles. The molecular formula is C34H39FN7O8P. The first-order chi connectivity index (χ1) is 24.5. The van der Waals surface area contributed by atoms with Crippen LogP contribution in [0.25, 0.3) is 11.2 Å². The number of anilines is 1. The second kappa shape index (κ2) is 16.8. The second-order valence-electron chi connectivity index (χ2n) is 11.8. The Kier molecular flexibility index (Phi) is 12.2. The fourth-order valence-corrected chi connectivity index (χ4v) is 7.03. The number of para-hydroxylation sites is 1. The number of benzene rings is 2. The van der Waals surface area contributed by atoms with Gasteiger partial charge in [0.2, 0.25) is 0 Å². The molecule has 0 radical (unpaired) electrons. The number of alkyl carbamates (subject to hydrolysis) is 1. The maximum atomic E-state index is 14.5. The highest BCUT2D eigenvalue weighted by atomic mass is 31.2. The van der Waals surface area contributed by atoms with Crippen molar-refractivity contribution in [2.45, 2.75) is 69.4 Å². The van der Waals surface area contributed by atoms with Crippen LogP contribution >= 0.6 is 7.75 Å². The number of rotatable bonds is 17. The number of carboxylic acids is 1. The molecule has 0 unspecified atom stereocenters. The molecule has 0 aliphatic carbocycles. The van der Waals surface area contributed by atoms with Gasteiger partial charge in [0.15, 0.2) is 28.7 Å². The number of halogens is 1. The number of fused-ring (bicyclic) bond motifs is 1. The molecule has 0 bridgehead atoms. The first kappa shape index (κ1) is 37.2. The monoisotopic (exact) mass is 723 g/mol. The van der Waals surface area contributed by atoms with Gasteiger partial charge in [-0.15, -0.1) is 6.42 Å². The quantitative estimate of drug-likeness (QED) is 0.0491. The Morgan fingerprint density at radius 1 is 1.18 bits per heavy atom. The zero-order valence-electron chi connectivity index (χ0n) is 27.8. The average Bonchev–Trinajstić information content (AvgIpc) is 3.69. The van der Waals surface area contributed by atoms with Crippen molar-refractivity contribution in [1.29, 1.82) is 0 Å². The summed E-state index contributed by atoms with van der Waals surface area (Å²) in [5.74, 6) is 1.08. The van der Waals surface area contributed by atoms with Gasteiger partial charge in [0, 0.05) is 13.0 Å². The van der Waals surface area contributed by atoms with Crippen LogP contribution in [0, 0.1) is 18.4 Å². The number of imidazole rings is 1. The first-order valence-corrected chi connectivity index (χ1v) is 17.9. The van der Waals surface area contributed by atoms with Crippen molar-refractivity contribution in [3.05, 3.63) is 78.6 Å². The highest BCUT2D eigenvalue weighted by Crippen LogP contribution is 2.48. The minimum absolute atomic E-state index is 0.0113. The second-order valence-corrected chi connectivity index (χ2v) is 13.5. The van der Waals surface area contributed by atoms with Gasteiger partial charge in [0.25, 0.3) is 0 Å². The van der Waals surface area contributed by atoms with Crippen LogP contribution in [0.15, 0.2) is 67.0 Å². The Hall–Kier alpha value is -5.07. The molecule has 2 aromatic heterocycles. The van der Waals surface area contributed by atoms with Crippen molar-refractivity contribution >= 4 is 36.8 Å². The summed E-state index contributed by atoms with van der Waals surface area (Å²) in [5.41, 5.74) is 4.66. The number of hydrogen-bond acceptors (Lipinski definition) is 11. The summed E-state index contributed by atoms with van der Waals surface area (Å²) < 4.78 is 53.8. The van der Waals surface area contributed by atoms with Crippen molar-refractivity contribution in [3.63, 3.8) is 0 Å². The molecule has 0 spiro atoms. The zero-order valence-corrected chi connectivity index (χ0v) is 28.7. The Balaban J connectivity index is 1.44. The number of carboxylic acid groups (broad SMARTS) is 1. The van der Waals surface area contributed by atoms with E-state index in [2.05, 4.69) is 38.2 Å². The number of carbonyl (C=O) groups is 2. The fraction of sp³-hybridized carbons (Fsp3) is 0.382. The van der Waals surface area contributed by atoms with Gasteiger partial charge in [-0.05, 0) is 30.5 Å². The first-order valence-electron chi connectivity index (χ1n) is 16.3. The van der Waals surface area contributed by atoms with E-state index in [1.807, 2.05) is 0 Å². The smallest absolute Gasteiger partial charge is 0.459 e. The van der Waals surface area contributed by atoms with Gasteiger partial charge in [-0.3, -0.25) is 13.9 Å². The summed E-state index contributed by atoms with van der Waals surface area (Å²) in [4.78, 5) is 36.9. The van der Waals surface area contributed by atoms with Gasteiger partial charge in [-0.1, -0.05) is 80.6 Å². The molecule has 1 saturated heterocycles. The van der Waals surface area contributed by atoms with Crippen molar-refractivity contribution < 1.29 is 42.2 Å². The maximum absolute atomic E-state index is 14.5. The Morgan fingerprint density at radius 3 is 2.59 bits per heavy atom. The number of amides is 1. The number of unbranched alkanes of at least 4 members (excludes halogenated alkanes) is 3. The van der Waals surface area contributed by atoms with Crippen LogP contribution in [0.5, 0.6) is 5.75 Å². The molecule has 2 aromatic carbocycles. The minimum atomic E-state index is -4.59. The number of nitrogen functional groups attached to an aromatic ring is 1. The van der Waals surface area contributed by atoms with Gasteiger partial charge >= 0.3 is 25.9 Å². The molecule has 5 rings (SSSR count). The predicted molar refractivity (Wildman–Crippen MR) is 184 cm³/mol. The molecule has 1 aliphatic heterocycles. The van der Waals surface area contributed by atoms with E-state index in [0.29, 0.717) is 12.1 Å². The van der Waals surface area contributed by atoms with Gasteiger partial charge in [-0.2, -0.15) is 19.4 Å². The molecule has 17 heteroatoms. The molecule has 1 aliphatic rings. The van der Waals surface area contributed by atoms with Gasteiger partial charge in [0.05, 0.1) is 6.33 Å². The van der Waals surface area contributed by atoms with Crippen LogP contribution in [0.2, 0.25) is 0 Å². The lowest BCUT2D eigenvalue weighted by molar-refractivity contribution is -0.139. The minimum Gasteiger partial charge on any atom is -0.480 e. The fourth-order valence-electron chi connectivity index (χ4n) is 5.50. The zero-order chi connectivity index (χ0) is 36.4. The topological polar surface area (TPSA) is 202 Å². The number of nitrogens with zero attached hydrogens (tertiary/aromatic N) is 4. The van der Waals surface area contributed by atoms with Crippen molar-refractivity contribution in [1.82, 2.24) is 29.9 Å². The molecule has 51 heavy (non-hydrogen) atoms. The third-order valence-electron chi connectivity index (χ3n) is 8.12. The summed E-state index contributed by atoms with van der Waals surface area (Å²) in [6.45, 7) is 1.71. The molecule has 4 aromatic rings. The standard InChI is InChI=1S/C34H39FN7O8P/c1-3-5-6-13-18-37-33(45)48-26-20-27(42-22-38-28-29(36)39-32(35)40-30(28)42)49-34(26,4-2)21-47-51(46,50-24-16-11-8-12-17-24)41-25(31(43)44)19-23-14-9-7-10-15-23/h2,7-12,14-17,22,25-27H,3,5-6,13,18-21H2,1H3,(H,37,45)(H,41,46)(H,43,44)(H2,36,39,40)/t25-,26-,27+,34+,51-/m0/s1. The van der Waals surface area contributed by atoms with Gasteiger partial charge < -0.3 is 30.2 Å². The van der Waals surface area contributed by atoms with Crippen molar-refractivity contribution in [2.75, 3.05) is 18.9 Å². The molecule has 1 fully saturated rings. The number of hydrogen-bond donors (Lipinski definition) is 4. The molecule has 5 N–H and O–H groups in total. The van der Waals surface area contributed by atoms with Gasteiger partial charge in [0.1, 0.15) is 24.6 Å².